The first-order valence-electron chi connectivity index (χ1n) is 5.33. The summed E-state index contributed by atoms with van der Waals surface area (Å²) in [6, 6.07) is 6.23. The van der Waals surface area contributed by atoms with Crippen molar-refractivity contribution in [3.05, 3.63) is 29.8 Å². The maximum Gasteiger partial charge on any atom is 0.407 e. The summed E-state index contributed by atoms with van der Waals surface area (Å²) in [5, 5.41) is 2.41. The monoisotopic (exact) mass is 252 g/mol. The van der Waals surface area contributed by atoms with Crippen molar-refractivity contribution in [2.24, 2.45) is 0 Å². The molecule has 0 spiro atoms. The van der Waals surface area contributed by atoms with Gasteiger partial charge >= 0.3 is 12.1 Å². The molecule has 1 unspecified atom stereocenters. The van der Waals surface area contributed by atoms with Crippen molar-refractivity contribution in [1.29, 1.82) is 0 Å². The van der Waals surface area contributed by atoms with E-state index < -0.39 is 18.1 Å². The number of carbonyl (C=O) groups excluding carboxylic acids is 2. The van der Waals surface area contributed by atoms with Gasteiger partial charge in [-0.1, -0.05) is 12.1 Å². The van der Waals surface area contributed by atoms with Crippen molar-refractivity contribution >= 4 is 17.7 Å². The molecule has 1 aromatic carbocycles. The largest absolute Gasteiger partial charge is 0.467 e. The molecule has 98 valence electrons. The molecular formula is C12H16N2O4. The summed E-state index contributed by atoms with van der Waals surface area (Å²) in [7, 11) is 2.49. The lowest BCUT2D eigenvalue weighted by Crippen LogP contribution is -2.42. The molecule has 0 aliphatic rings. The molecule has 6 heteroatoms. The number of nitrogens with one attached hydrogen (secondary N) is 1. The predicted octanol–water partition coefficient (Wildman–Crippen LogP) is 0.709. The lowest BCUT2D eigenvalue weighted by molar-refractivity contribution is -0.142. The fourth-order valence-corrected chi connectivity index (χ4v) is 1.43. The highest BCUT2D eigenvalue weighted by molar-refractivity contribution is 5.81. The van der Waals surface area contributed by atoms with E-state index in [0.717, 1.165) is 5.56 Å². The number of nitrogens with two attached hydrogens (primary N) is 1. The van der Waals surface area contributed by atoms with Gasteiger partial charge in [0.15, 0.2) is 0 Å². The molecule has 0 heterocycles. The number of rotatable bonds is 4. The molecule has 1 rings (SSSR count). The lowest BCUT2D eigenvalue weighted by atomic mass is 10.1. The Labute approximate surface area is 105 Å². The van der Waals surface area contributed by atoms with Gasteiger partial charge in [-0.25, -0.2) is 9.59 Å². The first-order valence-corrected chi connectivity index (χ1v) is 5.33. The molecule has 0 radical (unpaired) electrons. The van der Waals surface area contributed by atoms with Gasteiger partial charge in [-0.3, -0.25) is 0 Å². The molecule has 0 saturated carbocycles. The van der Waals surface area contributed by atoms with E-state index in [0.29, 0.717) is 12.1 Å². The van der Waals surface area contributed by atoms with Crippen LogP contribution in [0.1, 0.15) is 5.56 Å². The van der Waals surface area contributed by atoms with E-state index in [2.05, 4.69) is 14.8 Å². The SMILES string of the molecule is COC(=O)NC(Cc1ccc(N)cc1)C(=O)OC. The fourth-order valence-electron chi connectivity index (χ4n) is 1.43. The summed E-state index contributed by atoms with van der Waals surface area (Å²) in [5.41, 5.74) is 7.06. The third-order valence-corrected chi connectivity index (χ3v) is 2.38. The number of amides is 1. The molecule has 0 aromatic heterocycles. The second-order valence-electron chi connectivity index (χ2n) is 3.66. The minimum absolute atomic E-state index is 0.308. The van der Waals surface area contributed by atoms with Crippen LogP contribution < -0.4 is 11.1 Å². The smallest absolute Gasteiger partial charge is 0.407 e. The molecule has 0 aliphatic carbocycles. The summed E-state index contributed by atoms with van der Waals surface area (Å²) in [6.45, 7) is 0. The number of hydrogen-bond acceptors (Lipinski definition) is 5. The minimum Gasteiger partial charge on any atom is -0.467 e. The highest BCUT2D eigenvalue weighted by Crippen LogP contribution is 2.08. The van der Waals surface area contributed by atoms with E-state index in [9.17, 15) is 9.59 Å². The van der Waals surface area contributed by atoms with Gasteiger partial charge in [-0.05, 0) is 17.7 Å². The van der Waals surface area contributed by atoms with Crippen molar-refractivity contribution in [3.8, 4) is 0 Å². The van der Waals surface area contributed by atoms with Crippen LogP contribution >= 0.6 is 0 Å². The second kappa shape index (κ2) is 6.48. The van der Waals surface area contributed by atoms with Gasteiger partial charge < -0.3 is 20.5 Å². The topological polar surface area (TPSA) is 90.6 Å². The molecule has 18 heavy (non-hydrogen) atoms. The number of hydrogen-bond donors (Lipinski definition) is 2. The predicted molar refractivity (Wildman–Crippen MR) is 65.9 cm³/mol. The minimum atomic E-state index is -0.786. The van der Waals surface area contributed by atoms with Gasteiger partial charge in [0.25, 0.3) is 0 Å². The summed E-state index contributed by atoms with van der Waals surface area (Å²) in [6.07, 6.45) is -0.372. The van der Waals surface area contributed by atoms with E-state index >= 15 is 0 Å². The van der Waals surface area contributed by atoms with Crippen molar-refractivity contribution in [3.63, 3.8) is 0 Å². The van der Waals surface area contributed by atoms with Crippen molar-refractivity contribution < 1.29 is 19.1 Å². The Morgan fingerprint density at radius 2 is 1.83 bits per heavy atom. The quantitative estimate of drug-likeness (QED) is 0.608. The zero-order chi connectivity index (χ0) is 13.5. The average Bonchev–Trinajstić information content (AvgIpc) is 2.39. The zero-order valence-electron chi connectivity index (χ0n) is 10.3. The molecule has 1 aromatic rings. The normalized spacial score (nSPS) is 11.4. The molecule has 3 N–H and O–H groups in total. The van der Waals surface area contributed by atoms with Gasteiger partial charge in [0.05, 0.1) is 14.2 Å². The molecule has 0 fully saturated rings. The van der Waals surface area contributed by atoms with Crippen molar-refractivity contribution in [1.82, 2.24) is 5.32 Å². The molecule has 0 bridgehead atoms. The summed E-state index contributed by atoms with van der Waals surface area (Å²) < 4.78 is 9.07. The van der Waals surface area contributed by atoms with Crippen LogP contribution in [0.3, 0.4) is 0 Å². The van der Waals surface area contributed by atoms with Crippen LogP contribution in [0, 0.1) is 0 Å². The van der Waals surface area contributed by atoms with Gasteiger partial charge in [0, 0.05) is 12.1 Å². The van der Waals surface area contributed by atoms with E-state index in [1.807, 2.05) is 0 Å². The summed E-state index contributed by atoms with van der Waals surface area (Å²) >= 11 is 0. The number of methoxy groups -OCH3 is 2. The third-order valence-electron chi connectivity index (χ3n) is 2.38. The van der Waals surface area contributed by atoms with Gasteiger partial charge in [0.1, 0.15) is 6.04 Å². The number of nitrogen functional groups attached to an aromatic ring is 1. The van der Waals surface area contributed by atoms with Crippen molar-refractivity contribution in [2.75, 3.05) is 20.0 Å². The highest BCUT2D eigenvalue weighted by Gasteiger charge is 2.22. The van der Waals surface area contributed by atoms with Crippen LogP contribution in [0.25, 0.3) is 0 Å². The Morgan fingerprint density at radius 3 is 2.33 bits per heavy atom. The molecule has 1 atom stereocenters. The van der Waals surface area contributed by atoms with E-state index in [-0.39, 0.29) is 0 Å². The van der Waals surface area contributed by atoms with Crippen LogP contribution in [-0.2, 0) is 20.7 Å². The van der Waals surface area contributed by atoms with Gasteiger partial charge in [-0.15, -0.1) is 0 Å². The van der Waals surface area contributed by atoms with Crippen molar-refractivity contribution in [2.45, 2.75) is 12.5 Å². The van der Waals surface area contributed by atoms with E-state index in [4.69, 9.17) is 5.73 Å². The Balaban J connectivity index is 2.74. The average molecular weight is 252 g/mol. The second-order valence-corrected chi connectivity index (χ2v) is 3.66. The Morgan fingerprint density at radius 1 is 1.22 bits per heavy atom. The maximum absolute atomic E-state index is 11.5. The third kappa shape index (κ3) is 3.97. The number of alkyl carbamates (subject to hydrolysis) is 1. The fraction of sp³-hybridized carbons (Fsp3) is 0.333. The summed E-state index contributed by atoms with van der Waals surface area (Å²) in [4.78, 5) is 22.6. The van der Waals surface area contributed by atoms with Crippen LogP contribution in [0.5, 0.6) is 0 Å². The van der Waals surface area contributed by atoms with E-state index in [1.54, 1.807) is 24.3 Å². The first-order chi connectivity index (χ1) is 8.56. The van der Waals surface area contributed by atoms with Crippen LogP contribution in [0.4, 0.5) is 10.5 Å². The Bertz CT molecular complexity index is 417. The molecular weight excluding hydrogens is 236 g/mol. The Hall–Kier alpha value is -2.24. The van der Waals surface area contributed by atoms with Gasteiger partial charge in [-0.2, -0.15) is 0 Å². The zero-order valence-corrected chi connectivity index (χ0v) is 10.3. The van der Waals surface area contributed by atoms with Crippen LogP contribution in [0.15, 0.2) is 24.3 Å². The van der Waals surface area contributed by atoms with Crippen LogP contribution in [0.2, 0.25) is 0 Å². The summed E-state index contributed by atoms with van der Waals surface area (Å²) in [5.74, 6) is -0.530. The van der Waals surface area contributed by atoms with Crippen LogP contribution in [-0.4, -0.2) is 32.3 Å². The first kappa shape index (κ1) is 13.8. The molecule has 6 nitrogen and oxygen atoms in total. The molecule has 0 saturated heterocycles. The number of anilines is 1. The standard InChI is InChI=1S/C12H16N2O4/c1-17-11(15)10(14-12(16)18-2)7-8-3-5-9(13)6-4-8/h3-6,10H,7,13H2,1-2H3,(H,14,16). The number of benzene rings is 1. The van der Waals surface area contributed by atoms with E-state index in [1.165, 1.54) is 14.2 Å². The highest BCUT2D eigenvalue weighted by atomic mass is 16.5. The number of carbonyl (C=O) groups is 2. The number of ether oxygens (including phenoxy) is 2. The Kier molecular flexibility index (Phi) is 4.98. The number of esters is 1. The molecule has 0 aliphatic heterocycles. The maximum atomic E-state index is 11.5. The van der Waals surface area contributed by atoms with Gasteiger partial charge in [0.2, 0.25) is 0 Å². The molecule has 1 amide bonds. The lowest BCUT2D eigenvalue weighted by Gasteiger charge is -2.15.